The lowest BCUT2D eigenvalue weighted by Crippen LogP contribution is -3.00. The summed E-state index contributed by atoms with van der Waals surface area (Å²) in [5.74, 6) is 1.35. The van der Waals surface area contributed by atoms with Gasteiger partial charge in [0.05, 0.1) is 0 Å². The summed E-state index contributed by atoms with van der Waals surface area (Å²) in [5, 5.41) is 10.3. The molecule has 0 bridgehead atoms. The van der Waals surface area contributed by atoms with Gasteiger partial charge in [-0.05, 0) is 56.0 Å². The van der Waals surface area contributed by atoms with Crippen LogP contribution in [0.5, 0.6) is 5.75 Å². The number of nitrogens with zero attached hydrogens (tertiary/aromatic N) is 1. The molecule has 1 aliphatic rings. The molecule has 0 radical (unpaired) electrons. The van der Waals surface area contributed by atoms with Crippen LogP contribution in [0.3, 0.4) is 0 Å². The minimum atomic E-state index is -0.418. The Morgan fingerprint density at radius 2 is 1.78 bits per heavy atom. The van der Waals surface area contributed by atoms with Crippen LogP contribution in [0.25, 0.3) is 0 Å². The van der Waals surface area contributed by atoms with Gasteiger partial charge in [-0.15, -0.1) is 0 Å². The molecule has 1 saturated heterocycles. The van der Waals surface area contributed by atoms with Crippen LogP contribution in [0.15, 0.2) is 18.2 Å². The molecule has 0 aromatic heterocycles. The molecule has 2 rings (SSSR count). The molecule has 0 aliphatic carbocycles. The molecule has 132 valence electrons. The highest BCUT2D eigenvalue weighted by Crippen LogP contribution is 2.27. The zero-order valence-electron chi connectivity index (χ0n) is 14.7. The Morgan fingerprint density at radius 3 is 2.39 bits per heavy atom. The van der Waals surface area contributed by atoms with E-state index in [0.717, 1.165) is 25.4 Å². The largest absolute Gasteiger partial charge is 1.00 e. The molecule has 1 N–H and O–H groups in total. The van der Waals surface area contributed by atoms with Crippen molar-refractivity contribution in [1.29, 1.82) is 0 Å². The van der Waals surface area contributed by atoms with E-state index in [9.17, 15) is 5.11 Å². The molecule has 1 aliphatic heterocycles. The molecule has 1 atom stereocenters. The van der Waals surface area contributed by atoms with Crippen LogP contribution >= 0.6 is 0 Å². The van der Waals surface area contributed by atoms with Gasteiger partial charge in [0.25, 0.3) is 0 Å². The summed E-state index contributed by atoms with van der Waals surface area (Å²) in [4.78, 5) is 2.38. The Balaban J connectivity index is 0.00000264. The van der Waals surface area contributed by atoms with E-state index in [0.29, 0.717) is 12.5 Å². The molecular weight excluding hydrogens is 310 g/mol. The van der Waals surface area contributed by atoms with Gasteiger partial charge in [-0.2, -0.15) is 0 Å². The lowest BCUT2D eigenvalue weighted by Gasteiger charge is -2.24. The Hall–Kier alpha value is -0.770. The summed E-state index contributed by atoms with van der Waals surface area (Å²) in [6.45, 7) is 9.74. The molecule has 1 heterocycles. The van der Waals surface area contributed by atoms with Crippen LogP contribution in [-0.4, -0.2) is 42.4 Å². The van der Waals surface area contributed by atoms with Crippen LogP contribution in [0.4, 0.5) is 0 Å². The predicted molar refractivity (Wildman–Crippen MR) is 91.7 cm³/mol. The van der Waals surface area contributed by atoms with Gasteiger partial charge < -0.3 is 27.2 Å². The fourth-order valence-electron chi connectivity index (χ4n) is 3.10. The highest BCUT2D eigenvalue weighted by Gasteiger charge is 2.15. The van der Waals surface area contributed by atoms with Crippen molar-refractivity contribution in [2.24, 2.45) is 0 Å². The molecule has 3 nitrogen and oxygen atoms in total. The van der Waals surface area contributed by atoms with E-state index >= 15 is 0 Å². The molecule has 4 heteroatoms. The summed E-state index contributed by atoms with van der Waals surface area (Å²) in [5.41, 5.74) is 2.41. The van der Waals surface area contributed by atoms with Crippen molar-refractivity contribution in [3.63, 3.8) is 0 Å². The second kappa shape index (κ2) is 10.2. The maximum atomic E-state index is 10.3. The normalized spacial score (nSPS) is 17.4. The van der Waals surface area contributed by atoms with Crippen molar-refractivity contribution < 1.29 is 22.3 Å². The van der Waals surface area contributed by atoms with Crippen molar-refractivity contribution in [3.05, 3.63) is 29.3 Å². The maximum Gasteiger partial charge on any atom is 0.123 e. The lowest BCUT2D eigenvalue weighted by atomic mass is 10.0. The molecule has 23 heavy (non-hydrogen) atoms. The molecule has 0 spiro atoms. The van der Waals surface area contributed by atoms with Crippen LogP contribution in [0.1, 0.15) is 56.6 Å². The van der Waals surface area contributed by atoms with Crippen LogP contribution in [0, 0.1) is 6.92 Å². The lowest BCUT2D eigenvalue weighted by molar-refractivity contribution is -0.00000709. The van der Waals surface area contributed by atoms with Crippen LogP contribution in [-0.2, 0) is 0 Å². The minimum Gasteiger partial charge on any atom is -1.00 e. The van der Waals surface area contributed by atoms with Crippen molar-refractivity contribution in [2.75, 3.05) is 26.2 Å². The van der Waals surface area contributed by atoms with E-state index in [-0.39, 0.29) is 12.4 Å². The number of hydrogen-bond acceptors (Lipinski definition) is 3. The average molecular weight is 341 g/mol. The van der Waals surface area contributed by atoms with Gasteiger partial charge in [-0.3, -0.25) is 0 Å². The number of halogens is 1. The first kappa shape index (κ1) is 20.3. The summed E-state index contributed by atoms with van der Waals surface area (Å²) < 4.78 is 5.94. The Labute approximate surface area is 147 Å². The molecule has 1 aromatic rings. The third-order valence-electron chi connectivity index (χ3n) is 4.39. The van der Waals surface area contributed by atoms with Gasteiger partial charge in [0.1, 0.15) is 18.5 Å². The van der Waals surface area contributed by atoms with Crippen LogP contribution < -0.4 is 17.1 Å². The average Bonchev–Trinajstić information content (AvgIpc) is 2.73. The third-order valence-corrected chi connectivity index (χ3v) is 4.39. The van der Waals surface area contributed by atoms with Crippen LogP contribution in [0.2, 0.25) is 0 Å². The number of likely N-dealkylation sites (tertiary alicyclic amines) is 1. The van der Waals surface area contributed by atoms with Gasteiger partial charge in [0.15, 0.2) is 0 Å². The number of hydrogen-bond donors (Lipinski definition) is 1. The topological polar surface area (TPSA) is 32.7 Å². The smallest absolute Gasteiger partial charge is 0.123 e. The van der Waals surface area contributed by atoms with E-state index in [1.807, 2.05) is 0 Å². The highest BCUT2D eigenvalue weighted by molar-refractivity contribution is 5.39. The van der Waals surface area contributed by atoms with Crippen molar-refractivity contribution in [3.8, 4) is 5.75 Å². The number of aliphatic hydroxyl groups excluding tert-OH is 1. The van der Waals surface area contributed by atoms with E-state index in [4.69, 9.17) is 4.74 Å². The zero-order valence-corrected chi connectivity index (χ0v) is 15.5. The van der Waals surface area contributed by atoms with Gasteiger partial charge in [-0.25, -0.2) is 0 Å². The van der Waals surface area contributed by atoms with E-state index in [1.165, 1.54) is 36.8 Å². The number of β-amino-alcohol motifs (C(OH)–C–C–N with tert-alkyl or cyclic N) is 1. The number of benzene rings is 1. The number of aryl methyl sites for hydroxylation is 1. The van der Waals surface area contributed by atoms with E-state index < -0.39 is 6.10 Å². The SMILES string of the molecule is Cc1ccc(C(C)C)c(OCC(O)CN2CCCCCC2)c1.[Cl-]. The molecule has 1 unspecified atom stereocenters. The van der Waals surface area contributed by atoms with E-state index in [1.54, 1.807) is 0 Å². The Morgan fingerprint density at radius 1 is 1.13 bits per heavy atom. The fourth-order valence-corrected chi connectivity index (χ4v) is 3.10. The second-order valence-electron chi connectivity index (χ2n) is 6.88. The summed E-state index contributed by atoms with van der Waals surface area (Å²) in [6, 6.07) is 6.33. The van der Waals surface area contributed by atoms with Crippen molar-refractivity contribution >= 4 is 0 Å². The number of aliphatic hydroxyl groups is 1. The first-order valence-electron chi connectivity index (χ1n) is 8.70. The van der Waals surface area contributed by atoms with Crippen molar-refractivity contribution in [1.82, 2.24) is 4.90 Å². The van der Waals surface area contributed by atoms with E-state index in [2.05, 4.69) is 43.9 Å². The zero-order chi connectivity index (χ0) is 15.9. The Bertz CT molecular complexity index is 457. The fraction of sp³-hybridized carbons (Fsp3) is 0.684. The molecule has 0 saturated carbocycles. The van der Waals surface area contributed by atoms with Gasteiger partial charge in [-0.1, -0.05) is 38.8 Å². The van der Waals surface area contributed by atoms with Gasteiger partial charge in [0.2, 0.25) is 0 Å². The quantitative estimate of drug-likeness (QED) is 0.829. The highest BCUT2D eigenvalue weighted by atomic mass is 35.5. The molecular formula is C19H31ClNO2-. The monoisotopic (exact) mass is 340 g/mol. The standard InChI is InChI=1S/C19H31NO2.ClH/c1-15(2)18-9-8-16(3)12-19(18)22-14-17(21)13-20-10-6-4-5-7-11-20;/h8-9,12,15,17,21H,4-7,10-11,13-14H2,1-3H3;1H/p-1. The van der Waals surface area contributed by atoms with Gasteiger partial charge >= 0.3 is 0 Å². The Kier molecular flexibility index (Phi) is 8.96. The third kappa shape index (κ3) is 6.70. The van der Waals surface area contributed by atoms with Crippen molar-refractivity contribution in [2.45, 2.75) is 58.5 Å². The first-order valence-corrected chi connectivity index (χ1v) is 8.70. The summed E-state index contributed by atoms with van der Waals surface area (Å²) >= 11 is 0. The molecule has 1 aromatic carbocycles. The number of ether oxygens (including phenoxy) is 1. The summed E-state index contributed by atoms with van der Waals surface area (Å²) in [7, 11) is 0. The van der Waals surface area contributed by atoms with Gasteiger partial charge in [0, 0.05) is 6.54 Å². The first-order chi connectivity index (χ1) is 10.6. The predicted octanol–water partition coefficient (Wildman–Crippen LogP) is 0.738. The second-order valence-corrected chi connectivity index (χ2v) is 6.88. The maximum absolute atomic E-state index is 10.3. The number of rotatable bonds is 6. The molecule has 1 fully saturated rings. The molecule has 0 amide bonds. The minimum absolute atomic E-state index is 0. The summed E-state index contributed by atoms with van der Waals surface area (Å²) in [6.07, 6.45) is 4.74.